The molecule has 1 fully saturated rings. The molecule has 4 heteroatoms. The molecule has 0 spiro atoms. The Kier molecular flexibility index (Phi) is 1.84. The fraction of sp³-hybridized carbons (Fsp3) is 0.571. The lowest BCUT2D eigenvalue weighted by Crippen LogP contribution is -2.13. The molecule has 1 saturated heterocycles. The Bertz CT molecular complexity index is 240. The van der Waals surface area contributed by atoms with E-state index in [4.69, 9.17) is 11.6 Å². The Morgan fingerprint density at radius 1 is 1.64 bits per heavy atom. The van der Waals surface area contributed by atoms with E-state index in [0.717, 1.165) is 18.8 Å². The number of hydrogen-bond donors (Lipinski definition) is 2. The summed E-state index contributed by atoms with van der Waals surface area (Å²) in [6.45, 7) is 1.09. The molecular weight excluding hydrogens is 162 g/mol. The van der Waals surface area contributed by atoms with Crippen LogP contribution < -0.4 is 5.32 Å². The Balaban J connectivity index is 2.15. The van der Waals surface area contributed by atoms with E-state index in [1.807, 2.05) is 0 Å². The third kappa shape index (κ3) is 1.39. The molecule has 11 heavy (non-hydrogen) atoms. The fourth-order valence-electron chi connectivity index (χ4n) is 1.41. The minimum Gasteiger partial charge on any atom is -0.332 e. The fourth-order valence-corrected chi connectivity index (χ4v) is 1.55. The summed E-state index contributed by atoms with van der Waals surface area (Å²) in [7, 11) is 0. The van der Waals surface area contributed by atoms with Crippen molar-refractivity contribution >= 4 is 11.6 Å². The summed E-state index contributed by atoms with van der Waals surface area (Å²) in [4.78, 5) is 7.16. The van der Waals surface area contributed by atoms with Crippen molar-refractivity contribution in [2.24, 2.45) is 0 Å². The van der Waals surface area contributed by atoms with Crippen molar-refractivity contribution in [1.29, 1.82) is 0 Å². The van der Waals surface area contributed by atoms with E-state index in [0.29, 0.717) is 11.2 Å². The van der Waals surface area contributed by atoms with Crippen molar-refractivity contribution in [3.63, 3.8) is 0 Å². The molecule has 0 saturated carbocycles. The molecule has 0 aliphatic carbocycles. The van der Waals surface area contributed by atoms with E-state index in [1.165, 1.54) is 6.42 Å². The van der Waals surface area contributed by atoms with Crippen LogP contribution in [-0.2, 0) is 0 Å². The molecule has 1 unspecified atom stereocenters. The minimum atomic E-state index is 0.391. The number of imidazole rings is 1. The quantitative estimate of drug-likeness (QED) is 0.672. The van der Waals surface area contributed by atoms with Gasteiger partial charge in [0.2, 0.25) is 0 Å². The van der Waals surface area contributed by atoms with E-state index in [1.54, 1.807) is 6.20 Å². The number of halogens is 1. The topological polar surface area (TPSA) is 40.7 Å². The molecule has 3 nitrogen and oxygen atoms in total. The first-order valence-corrected chi connectivity index (χ1v) is 4.18. The molecule has 1 aromatic rings. The van der Waals surface area contributed by atoms with Crippen LogP contribution in [0.5, 0.6) is 0 Å². The summed E-state index contributed by atoms with van der Waals surface area (Å²) in [5.74, 6) is 0.965. The molecule has 1 aliphatic heterocycles. The van der Waals surface area contributed by atoms with Crippen LogP contribution >= 0.6 is 11.6 Å². The van der Waals surface area contributed by atoms with Crippen molar-refractivity contribution in [3.05, 3.63) is 17.2 Å². The molecule has 2 heterocycles. The van der Waals surface area contributed by atoms with Crippen LogP contribution in [0, 0.1) is 0 Å². The summed E-state index contributed by atoms with van der Waals surface area (Å²) in [5.41, 5.74) is 0. The lowest BCUT2D eigenvalue weighted by molar-refractivity contribution is 0.612. The Hall–Kier alpha value is -0.540. The highest BCUT2D eigenvalue weighted by molar-refractivity contribution is 6.29. The number of rotatable bonds is 1. The first kappa shape index (κ1) is 7.13. The van der Waals surface area contributed by atoms with Crippen molar-refractivity contribution < 1.29 is 0 Å². The van der Waals surface area contributed by atoms with Gasteiger partial charge in [0.25, 0.3) is 0 Å². The van der Waals surface area contributed by atoms with E-state index in [9.17, 15) is 0 Å². The predicted molar refractivity (Wildman–Crippen MR) is 43.6 cm³/mol. The van der Waals surface area contributed by atoms with Crippen LogP contribution in [0.15, 0.2) is 6.20 Å². The average Bonchev–Trinajstić information content (AvgIpc) is 2.55. The van der Waals surface area contributed by atoms with Crippen LogP contribution in [-0.4, -0.2) is 16.5 Å². The maximum absolute atomic E-state index is 5.69. The van der Waals surface area contributed by atoms with Crippen molar-refractivity contribution in [1.82, 2.24) is 15.3 Å². The highest BCUT2D eigenvalue weighted by Crippen LogP contribution is 2.20. The first-order chi connectivity index (χ1) is 5.36. The van der Waals surface area contributed by atoms with E-state index in [2.05, 4.69) is 15.3 Å². The minimum absolute atomic E-state index is 0.391. The Morgan fingerprint density at radius 2 is 2.55 bits per heavy atom. The maximum atomic E-state index is 5.69. The van der Waals surface area contributed by atoms with Gasteiger partial charge in [0, 0.05) is 0 Å². The number of H-pyrrole nitrogens is 1. The van der Waals surface area contributed by atoms with Gasteiger partial charge in [0.15, 0.2) is 0 Å². The molecule has 0 amide bonds. The summed E-state index contributed by atoms with van der Waals surface area (Å²) in [6.07, 6.45) is 4.03. The molecule has 2 N–H and O–H groups in total. The van der Waals surface area contributed by atoms with Gasteiger partial charge in [0.1, 0.15) is 11.0 Å². The number of aromatic amines is 1. The zero-order valence-electron chi connectivity index (χ0n) is 6.10. The van der Waals surface area contributed by atoms with Gasteiger partial charge in [0.05, 0.1) is 12.2 Å². The third-order valence-electron chi connectivity index (χ3n) is 1.95. The van der Waals surface area contributed by atoms with Crippen LogP contribution in [0.2, 0.25) is 5.15 Å². The van der Waals surface area contributed by atoms with Gasteiger partial charge in [-0.2, -0.15) is 0 Å². The molecule has 0 aromatic carbocycles. The van der Waals surface area contributed by atoms with Crippen LogP contribution in [0.4, 0.5) is 0 Å². The van der Waals surface area contributed by atoms with E-state index in [-0.39, 0.29) is 0 Å². The summed E-state index contributed by atoms with van der Waals surface area (Å²) < 4.78 is 0. The SMILES string of the molecule is Clc1cnc(C2CCCN2)[nH]1. The first-order valence-electron chi connectivity index (χ1n) is 3.80. The lowest BCUT2D eigenvalue weighted by Gasteiger charge is -2.04. The summed E-state index contributed by atoms with van der Waals surface area (Å²) in [5, 5.41) is 3.95. The van der Waals surface area contributed by atoms with Gasteiger partial charge in [-0.1, -0.05) is 11.6 Å². The van der Waals surface area contributed by atoms with Gasteiger partial charge >= 0.3 is 0 Å². The van der Waals surface area contributed by atoms with Crippen molar-refractivity contribution in [3.8, 4) is 0 Å². The standard InChI is InChI=1S/C7H10ClN3/c8-6-4-10-7(11-6)5-2-1-3-9-5/h4-5,9H,1-3H2,(H,10,11). The second-order valence-electron chi connectivity index (χ2n) is 2.77. The van der Waals surface area contributed by atoms with Crippen LogP contribution in [0.3, 0.4) is 0 Å². The Labute approximate surface area is 70.2 Å². The molecule has 2 rings (SSSR count). The van der Waals surface area contributed by atoms with Crippen molar-refractivity contribution in [2.75, 3.05) is 6.54 Å². The zero-order chi connectivity index (χ0) is 7.68. The van der Waals surface area contributed by atoms with E-state index >= 15 is 0 Å². The smallest absolute Gasteiger partial charge is 0.126 e. The number of nitrogens with one attached hydrogen (secondary N) is 2. The highest BCUT2D eigenvalue weighted by atomic mass is 35.5. The van der Waals surface area contributed by atoms with Gasteiger partial charge in [-0.15, -0.1) is 0 Å². The second kappa shape index (κ2) is 2.83. The third-order valence-corrected chi connectivity index (χ3v) is 2.15. The summed E-state index contributed by atoms with van der Waals surface area (Å²) >= 11 is 5.69. The number of nitrogens with zero attached hydrogens (tertiary/aromatic N) is 1. The molecule has 0 radical (unpaired) electrons. The molecule has 1 aliphatic rings. The van der Waals surface area contributed by atoms with Gasteiger partial charge in [-0.3, -0.25) is 0 Å². The van der Waals surface area contributed by atoms with Crippen LogP contribution in [0.25, 0.3) is 0 Å². The number of hydrogen-bond acceptors (Lipinski definition) is 2. The normalized spacial score (nSPS) is 24.3. The van der Waals surface area contributed by atoms with E-state index < -0.39 is 0 Å². The maximum Gasteiger partial charge on any atom is 0.126 e. The zero-order valence-corrected chi connectivity index (χ0v) is 6.86. The molecule has 1 aromatic heterocycles. The predicted octanol–water partition coefficient (Wildman–Crippen LogP) is 1.49. The molecule has 0 bridgehead atoms. The lowest BCUT2D eigenvalue weighted by atomic mass is 10.2. The van der Waals surface area contributed by atoms with Gasteiger partial charge < -0.3 is 10.3 Å². The molecule has 1 atom stereocenters. The monoisotopic (exact) mass is 171 g/mol. The average molecular weight is 172 g/mol. The van der Waals surface area contributed by atoms with Gasteiger partial charge in [-0.05, 0) is 19.4 Å². The van der Waals surface area contributed by atoms with Crippen molar-refractivity contribution in [2.45, 2.75) is 18.9 Å². The molecule has 60 valence electrons. The van der Waals surface area contributed by atoms with Gasteiger partial charge in [-0.25, -0.2) is 4.98 Å². The largest absolute Gasteiger partial charge is 0.332 e. The highest BCUT2D eigenvalue weighted by Gasteiger charge is 2.18. The summed E-state index contributed by atoms with van der Waals surface area (Å²) in [6, 6.07) is 0.391. The second-order valence-corrected chi connectivity index (χ2v) is 3.17. The number of aromatic nitrogens is 2. The Morgan fingerprint density at radius 3 is 3.09 bits per heavy atom. The van der Waals surface area contributed by atoms with Crippen LogP contribution in [0.1, 0.15) is 24.7 Å². The molecular formula is C7H10ClN3.